The molecule has 0 amide bonds. The molecule has 0 aliphatic carbocycles. The van der Waals surface area contributed by atoms with E-state index in [9.17, 15) is 5.11 Å². The first-order valence-corrected chi connectivity index (χ1v) is 7.76. The second-order valence-electron chi connectivity index (χ2n) is 5.27. The molecular weight excluding hydrogens is 282 g/mol. The fourth-order valence-corrected chi connectivity index (χ4v) is 3.89. The largest absolute Gasteiger partial charge is 0.389 e. The van der Waals surface area contributed by atoms with Crippen LogP contribution in [-0.2, 0) is 13.0 Å². The Balaban J connectivity index is 1.71. The van der Waals surface area contributed by atoms with Crippen molar-refractivity contribution in [1.29, 1.82) is 5.26 Å². The predicted molar refractivity (Wildman–Crippen MR) is 83.8 cm³/mol. The first-order valence-electron chi connectivity index (χ1n) is 6.94. The van der Waals surface area contributed by atoms with E-state index in [2.05, 4.69) is 11.0 Å². The standard InChI is InChI=1S/C16H17N3OS/c17-8-13-12-6-7-19(10-15(12)21-16(13)18)9-14(20)11-4-2-1-3-5-11/h1-5,14,20H,6-7,9-10,18H2. The molecule has 0 spiro atoms. The van der Waals surface area contributed by atoms with Crippen LogP contribution in [0.4, 0.5) is 5.00 Å². The van der Waals surface area contributed by atoms with Gasteiger partial charge < -0.3 is 10.8 Å². The molecule has 21 heavy (non-hydrogen) atoms. The van der Waals surface area contributed by atoms with Gasteiger partial charge in [0.05, 0.1) is 11.7 Å². The van der Waals surface area contributed by atoms with E-state index in [4.69, 9.17) is 11.0 Å². The Bertz CT molecular complexity index is 675. The summed E-state index contributed by atoms with van der Waals surface area (Å²) in [4.78, 5) is 3.38. The summed E-state index contributed by atoms with van der Waals surface area (Å²) in [5.41, 5.74) is 8.59. The fraction of sp³-hybridized carbons (Fsp3) is 0.312. The van der Waals surface area contributed by atoms with Crippen molar-refractivity contribution in [2.75, 3.05) is 18.8 Å². The summed E-state index contributed by atoms with van der Waals surface area (Å²) in [6, 6.07) is 11.9. The van der Waals surface area contributed by atoms with Gasteiger partial charge in [-0.15, -0.1) is 11.3 Å². The van der Waals surface area contributed by atoms with Crippen LogP contribution in [0.2, 0.25) is 0 Å². The van der Waals surface area contributed by atoms with E-state index in [1.807, 2.05) is 30.3 Å². The fourth-order valence-electron chi connectivity index (χ4n) is 2.78. The van der Waals surface area contributed by atoms with Crippen molar-refractivity contribution in [1.82, 2.24) is 4.90 Å². The topological polar surface area (TPSA) is 73.3 Å². The number of thiophene rings is 1. The van der Waals surface area contributed by atoms with Gasteiger partial charge in [0.1, 0.15) is 11.1 Å². The number of hydrogen-bond acceptors (Lipinski definition) is 5. The van der Waals surface area contributed by atoms with E-state index in [1.54, 1.807) is 0 Å². The first-order chi connectivity index (χ1) is 10.2. The van der Waals surface area contributed by atoms with Crippen molar-refractivity contribution >= 4 is 16.3 Å². The Morgan fingerprint density at radius 3 is 2.86 bits per heavy atom. The monoisotopic (exact) mass is 299 g/mol. The third kappa shape index (κ3) is 2.79. The number of nitrogen functional groups attached to an aromatic ring is 1. The van der Waals surface area contributed by atoms with Crippen LogP contribution >= 0.6 is 11.3 Å². The number of benzene rings is 1. The maximum absolute atomic E-state index is 10.3. The number of aliphatic hydroxyl groups excluding tert-OH is 1. The summed E-state index contributed by atoms with van der Waals surface area (Å²) in [5, 5.41) is 20.1. The molecule has 3 N–H and O–H groups in total. The van der Waals surface area contributed by atoms with E-state index in [1.165, 1.54) is 11.3 Å². The van der Waals surface area contributed by atoms with Gasteiger partial charge in [0, 0.05) is 24.5 Å². The van der Waals surface area contributed by atoms with E-state index in [-0.39, 0.29) is 0 Å². The molecule has 2 heterocycles. The van der Waals surface area contributed by atoms with Crippen molar-refractivity contribution in [3.8, 4) is 6.07 Å². The van der Waals surface area contributed by atoms with Crippen molar-refractivity contribution < 1.29 is 5.11 Å². The zero-order valence-electron chi connectivity index (χ0n) is 11.6. The molecule has 0 bridgehead atoms. The number of rotatable bonds is 3. The summed E-state index contributed by atoms with van der Waals surface area (Å²) in [6.45, 7) is 2.21. The molecule has 5 heteroatoms. The molecule has 1 aromatic heterocycles. The summed E-state index contributed by atoms with van der Waals surface area (Å²) >= 11 is 1.50. The average molecular weight is 299 g/mol. The Kier molecular flexibility index (Phi) is 3.93. The van der Waals surface area contributed by atoms with E-state index in [0.717, 1.165) is 35.5 Å². The highest BCUT2D eigenvalue weighted by Gasteiger charge is 2.24. The van der Waals surface area contributed by atoms with Gasteiger partial charge >= 0.3 is 0 Å². The molecule has 1 aliphatic rings. The molecule has 1 unspecified atom stereocenters. The van der Waals surface area contributed by atoms with E-state index >= 15 is 0 Å². The van der Waals surface area contributed by atoms with Crippen molar-refractivity contribution in [3.05, 3.63) is 51.9 Å². The molecular formula is C16H17N3OS. The Hall–Kier alpha value is -1.87. The number of β-amino-alcohol motifs (C(OH)–C–C–N with tert-alkyl or cyclic N) is 1. The zero-order chi connectivity index (χ0) is 14.8. The minimum atomic E-state index is -0.486. The first kappa shape index (κ1) is 14.1. The predicted octanol–water partition coefficient (Wildman–Crippen LogP) is 2.29. The zero-order valence-corrected chi connectivity index (χ0v) is 12.4. The molecule has 2 aromatic rings. The highest BCUT2D eigenvalue weighted by atomic mass is 32.1. The summed E-state index contributed by atoms with van der Waals surface area (Å²) in [7, 11) is 0. The lowest BCUT2D eigenvalue weighted by Gasteiger charge is -2.28. The summed E-state index contributed by atoms with van der Waals surface area (Å²) in [5.74, 6) is 0. The van der Waals surface area contributed by atoms with E-state index < -0.39 is 6.10 Å². The van der Waals surface area contributed by atoms with Gasteiger partial charge in [-0.05, 0) is 17.5 Å². The molecule has 0 saturated heterocycles. The van der Waals surface area contributed by atoms with Crippen LogP contribution in [-0.4, -0.2) is 23.1 Å². The maximum atomic E-state index is 10.3. The molecule has 0 fully saturated rings. The van der Waals surface area contributed by atoms with Gasteiger partial charge in [0.25, 0.3) is 0 Å². The number of fused-ring (bicyclic) bond motifs is 1. The Morgan fingerprint density at radius 2 is 2.14 bits per heavy atom. The Morgan fingerprint density at radius 1 is 1.38 bits per heavy atom. The Labute approximate surface area is 128 Å². The third-order valence-corrected chi connectivity index (χ3v) is 4.94. The van der Waals surface area contributed by atoms with Crippen LogP contribution in [0, 0.1) is 11.3 Å². The van der Waals surface area contributed by atoms with Crippen LogP contribution < -0.4 is 5.73 Å². The number of aliphatic hydroxyl groups is 1. The van der Waals surface area contributed by atoms with Crippen LogP contribution in [0.1, 0.15) is 27.7 Å². The van der Waals surface area contributed by atoms with Crippen LogP contribution in [0.3, 0.4) is 0 Å². The highest BCUT2D eigenvalue weighted by Crippen LogP contribution is 2.34. The van der Waals surface area contributed by atoms with Gasteiger partial charge in [-0.1, -0.05) is 30.3 Å². The highest BCUT2D eigenvalue weighted by molar-refractivity contribution is 7.16. The molecule has 0 radical (unpaired) electrons. The van der Waals surface area contributed by atoms with Crippen molar-refractivity contribution in [3.63, 3.8) is 0 Å². The molecule has 4 nitrogen and oxygen atoms in total. The number of anilines is 1. The maximum Gasteiger partial charge on any atom is 0.104 e. The molecule has 1 aliphatic heterocycles. The minimum Gasteiger partial charge on any atom is -0.389 e. The van der Waals surface area contributed by atoms with Crippen LogP contribution in [0.15, 0.2) is 30.3 Å². The number of nitrogens with two attached hydrogens (primary N) is 1. The van der Waals surface area contributed by atoms with Gasteiger partial charge in [-0.25, -0.2) is 0 Å². The van der Waals surface area contributed by atoms with Crippen LogP contribution in [0.25, 0.3) is 0 Å². The number of hydrogen-bond donors (Lipinski definition) is 2. The van der Waals surface area contributed by atoms with Gasteiger partial charge in [-0.2, -0.15) is 5.26 Å². The quantitative estimate of drug-likeness (QED) is 0.912. The van der Waals surface area contributed by atoms with Crippen molar-refractivity contribution in [2.45, 2.75) is 19.1 Å². The lowest BCUT2D eigenvalue weighted by molar-refractivity contribution is 0.107. The molecule has 0 saturated carbocycles. The minimum absolute atomic E-state index is 0.486. The van der Waals surface area contributed by atoms with Gasteiger partial charge in [0.15, 0.2) is 0 Å². The van der Waals surface area contributed by atoms with Gasteiger partial charge in [0.2, 0.25) is 0 Å². The molecule has 3 rings (SSSR count). The molecule has 1 aromatic carbocycles. The SMILES string of the molecule is N#Cc1c(N)sc2c1CCN(CC(O)c1ccccc1)C2. The second kappa shape index (κ2) is 5.86. The molecule has 1 atom stereocenters. The summed E-state index contributed by atoms with van der Waals surface area (Å²) in [6.07, 6.45) is 0.341. The van der Waals surface area contributed by atoms with Gasteiger partial charge in [-0.3, -0.25) is 4.90 Å². The van der Waals surface area contributed by atoms with Crippen LogP contribution in [0.5, 0.6) is 0 Å². The summed E-state index contributed by atoms with van der Waals surface area (Å²) < 4.78 is 0. The lowest BCUT2D eigenvalue weighted by Crippen LogP contribution is -2.33. The second-order valence-corrected chi connectivity index (χ2v) is 6.40. The smallest absolute Gasteiger partial charge is 0.104 e. The molecule has 108 valence electrons. The average Bonchev–Trinajstić information content (AvgIpc) is 2.82. The third-order valence-electron chi connectivity index (χ3n) is 3.89. The lowest BCUT2D eigenvalue weighted by atomic mass is 10.0. The number of nitrogens with zero attached hydrogens (tertiary/aromatic N) is 2. The van der Waals surface area contributed by atoms with Crippen molar-refractivity contribution in [2.24, 2.45) is 0 Å². The normalized spacial score (nSPS) is 16.2. The number of nitriles is 1. The van der Waals surface area contributed by atoms with E-state index in [0.29, 0.717) is 17.1 Å².